The Morgan fingerprint density at radius 2 is 2.35 bits per heavy atom. The molecule has 2 N–H and O–H groups in total. The number of anilines is 1. The summed E-state index contributed by atoms with van der Waals surface area (Å²) in [6.45, 7) is 0.264. The molecule has 0 spiro atoms. The minimum absolute atomic E-state index is 0.202. The van der Waals surface area contributed by atoms with Crippen molar-refractivity contribution in [3.63, 3.8) is 0 Å². The van der Waals surface area contributed by atoms with Crippen LogP contribution >= 0.6 is 0 Å². The quantitative estimate of drug-likeness (QED) is 0.754. The first-order valence-corrected chi connectivity index (χ1v) is 5.72. The van der Waals surface area contributed by atoms with Crippen molar-refractivity contribution >= 4 is 17.6 Å². The number of nitrogens with zero attached hydrogens (tertiary/aromatic N) is 3. The van der Waals surface area contributed by atoms with E-state index in [-0.39, 0.29) is 12.4 Å². The lowest BCUT2D eigenvalue weighted by Crippen LogP contribution is -2.07. The predicted molar refractivity (Wildman–Crippen MR) is 67.7 cm³/mol. The number of hydrogen-bond donors (Lipinski definition) is 2. The Morgan fingerprint density at radius 1 is 1.45 bits per heavy atom. The summed E-state index contributed by atoms with van der Waals surface area (Å²) in [4.78, 5) is 14.6. The Labute approximate surface area is 112 Å². The van der Waals surface area contributed by atoms with E-state index in [1.165, 1.54) is 10.7 Å². The van der Waals surface area contributed by atoms with Gasteiger partial charge in [-0.15, -0.1) is 5.10 Å². The number of carbonyl (C=O) groups is 1. The van der Waals surface area contributed by atoms with Gasteiger partial charge in [0.25, 0.3) is 0 Å². The fourth-order valence-electron chi connectivity index (χ4n) is 1.65. The van der Waals surface area contributed by atoms with Gasteiger partial charge in [0.15, 0.2) is 11.5 Å². The molecule has 0 aromatic carbocycles. The molecule has 0 fully saturated rings. The van der Waals surface area contributed by atoms with Crippen LogP contribution in [-0.2, 0) is 6.61 Å². The van der Waals surface area contributed by atoms with Crippen LogP contribution in [0.1, 0.15) is 5.76 Å². The molecule has 0 radical (unpaired) electrons. The van der Waals surface area contributed by atoms with E-state index in [9.17, 15) is 4.79 Å². The maximum atomic E-state index is 10.5. The summed E-state index contributed by atoms with van der Waals surface area (Å²) in [5, 5.41) is 14.9. The zero-order chi connectivity index (χ0) is 13.9. The largest absolute Gasteiger partial charge is 0.468 e. The molecule has 3 aromatic rings. The lowest BCUT2D eigenvalue weighted by Gasteiger charge is -2.02. The fourth-order valence-corrected chi connectivity index (χ4v) is 1.65. The lowest BCUT2D eigenvalue weighted by atomic mass is 10.5. The maximum absolute atomic E-state index is 10.5. The van der Waals surface area contributed by atoms with Gasteiger partial charge in [-0.2, -0.15) is 0 Å². The van der Waals surface area contributed by atoms with Crippen LogP contribution in [0.4, 0.5) is 10.6 Å². The minimum Gasteiger partial charge on any atom is -0.468 e. The Hall–Kier alpha value is -3.03. The van der Waals surface area contributed by atoms with Gasteiger partial charge in [-0.25, -0.2) is 14.3 Å². The third-order valence-corrected chi connectivity index (χ3v) is 2.47. The van der Waals surface area contributed by atoms with Crippen LogP contribution in [0.15, 0.2) is 41.1 Å². The highest BCUT2D eigenvalue weighted by atomic mass is 16.5. The minimum atomic E-state index is -1.18. The molecule has 3 aromatic heterocycles. The first-order valence-electron chi connectivity index (χ1n) is 5.72. The summed E-state index contributed by atoms with van der Waals surface area (Å²) in [6.07, 6.45) is 1.85. The zero-order valence-corrected chi connectivity index (χ0v) is 10.2. The molecule has 20 heavy (non-hydrogen) atoms. The molecule has 1 amide bonds. The Balaban J connectivity index is 1.77. The maximum Gasteiger partial charge on any atom is 0.410 e. The summed E-state index contributed by atoms with van der Waals surface area (Å²) >= 11 is 0. The van der Waals surface area contributed by atoms with E-state index in [0.717, 1.165) is 0 Å². The molecule has 0 unspecified atom stereocenters. The average molecular weight is 274 g/mol. The lowest BCUT2D eigenvalue weighted by molar-refractivity contribution is 0.209. The summed E-state index contributed by atoms with van der Waals surface area (Å²) in [5.41, 5.74) is 0.513. The summed E-state index contributed by atoms with van der Waals surface area (Å²) in [7, 11) is 0. The fraction of sp³-hybridized carbons (Fsp3) is 0.0833. The standard InChI is InChI=1S/C12H10N4O4/c17-12(18)14-9-6-16-10(13-9)3-4-11(15-16)20-7-8-2-1-5-19-8/h1-6,14H,7H2,(H,17,18). The van der Waals surface area contributed by atoms with E-state index in [4.69, 9.17) is 14.3 Å². The normalized spacial score (nSPS) is 10.6. The van der Waals surface area contributed by atoms with Crippen LogP contribution in [-0.4, -0.2) is 25.8 Å². The number of amides is 1. The van der Waals surface area contributed by atoms with Gasteiger partial charge in [-0.1, -0.05) is 0 Å². The smallest absolute Gasteiger partial charge is 0.410 e. The van der Waals surface area contributed by atoms with Gasteiger partial charge in [0.1, 0.15) is 12.4 Å². The molecule has 8 heteroatoms. The molecule has 3 rings (SSSR count). The van der Waals surface area contributed by atoms with E-state index in [2.05, 4.69) is 15.4 Å². The first-order chi connectivity index (χ1) is 9.70. The molecule has 0 bridgehead atoms. The number of nitrogens with one attached hydrogen (secondary N) is 1. The monoisotopic (exact) mass is 274 g/mol. The number of ether oxygens (including phenoxy) is 1. The molecular formula is C12H10N4O4. The predicted octanol–water partition coefficient (Wildman–Crippen LogP) is 1.99. The van der Waals surface area contributed by atoms with Crippen molar-refractivity contribution in [1.29, 1.82) is 0 Å². The van der Waals surface area contributed by atoms with E-state index < -0.39 is 6.09 Å². The number of fused-ring (bicyclic) bond motifs is 1. The van der Waals surface area contributed by atoms with Gasteiger partial charge in [-0.3, -0.25) is 5.32 Å². The number of furan rings is 1. The van der Waals surface area contributed by atoms with Crippen LogP contribution in [0.3, 0.4) is 0 Å². The molecule has 3 heterocycles. The third kappa shape index (κ3) is 2.53. The van der Waals surface area contributed by atoms with Crippen molar-refractivity contribution in [3.8, 4) is 5.88 Å². The van der Waals surface area contributed by atoms with Gasteiger partial charge < -0.3 is 14.3 Å². The molecule has 0 saturated carbocycles. The topological polar surface area (TPSA) is 102 Å². The SMILES string of the molecule is O=C(O)Nc1cn2nc(OCc3ccco3)ccc2n1. The van der Waals surface area contributed by atoms with E-state index >= 15 is 0 Å². The van der Waals surface area contributed by atoms with Crippen LogP contribution in [0.5, 0.6) is 5.88 Å². The molecule has 8 nitrogen and oxygen atoms in total. The van der Waals surface area contributed by atoms with E-state index in [1.807, 2.05) is 0 Å². The van der Waals surface area contributed by atoms with Crippen LogP contribution in [0, 0.1) is 0 Å². The molecular weight excluding hydrogens is 264 g/mol. The van der Waals surface area contributed by atoms with Gasteiger partial charge in [0, 0.05) is 6.07 Å². The number of hydrogen-bond acceptors (Lipinski definition) is 5. The molecule has 102 valence electrons. The van der Waals surface area contributed by atoms with Crippen molar-refractivity contribution in [2.75, 3.05) is 5.32 Å². The highest BCUT2D eigenvalue weighted by Gasteiger charge is 2.07. The van der Waals surface area contributed by atoms with Gasteiger partial charge in [0.05, 0.1) is 12.5 Å². The molecule has 0 saturated heterocycles. The van der Waals surface area contributed by atoms with Crippen molar-refractivity contribution in [2.45, 2.75) is 6.61 Å². The Morgan fingerprint density at radius 3 is 3.10 bits per heavy atom. The molecule has 0 atom stereocenters. The Bertz CT molecular complexity index is 735. The van der Waals surface area contributed by atoms with E-state index in [1.54, 1.807) is 30.5 Å². The average Bonchev–Trinajstić information content (AvgIpc) is 3.03. The van der Waals surface area contributed by atoms with Gasteiger partial charge in [0.2, 0.25) is 5.88 Å². The van der Waals surface area contributed by atoms with Crippen LogP contribution in [0.2, 0.25) is 0 Å². The highest BCUT2D eigenvalue weighted by molar-refractivity contribution is 5.81. The second-order valence-corrected chi connectivity index (χ2v) is 3.90. The summed E-state index contributed by atoms with van der Waals surface area (Å²) in [6, 6.07) is 6.90. The van der Waals surface area contributed by atoms with Crippen molar-refractivity contribution in [2.24, 2.45) is 0 Å². The second-order valence-electron chi connectivity index (χ2n) is 3.90. The zero-order valence-electron chi connectivity index (χ0n) is 10.2. The summed E-state index contributed by atoms with van der Waals surface area (Å²) < 4.78 is 12.0. The van der Waals surface area contributed by atoms with Crippen molar-refractivity contribution < 1.29 is 19.1 Å². The third-order valence-electron chi connectivity index (χ3n) is 2.47. The highest BCUT2D eigenvalue weighted by Crippen LogP contribution is 2.14. The van der Waals surface area contributed by atoms with Crippen molar-refractivity contribution in [3.05, 3.63) is 42.5 Å². The van der Waals surface area contributed by atoms with Gasteiger partial charge in [-0.05, 0) is 18.2 Å². The van der Waals surface area contributed by atoms with Gasteiger partial charge >= 0.3 is 6.09 Å². The van der Waals surface area contributed by atoms with Crippen molar-refractivity contribution in [1.82, 2.24) is 14.6 Å². The Kier molecular flexibility index (Phi) is 2.96. The van der Waals surface area contributed by atoms with E-state index in [0.29, 0.717) is 17.3 Å². The van der Waals surface area contributed by atoms with Crippen LogP contribution < -0.4 is 10.1 Å². The number of carboxylic acid groups (broad SMARTS) is 1. The number of aromatic nitrogens is 3. The molecule has 0 aliphatic heterocycles. The summed E-state index contributed by atoms with van der Waals surface area (Å²) in [5.74, 6) is 1.27. The first kappa shape index (κ1) is 12.0. The van der Waals surface area contributed by atoms with Crippen LogP contribution in [0.25, 0.3) is 5.65 Å². The number of rotatable bonds is 4. The molecule has 0 aliphatic rings. The molecule has 0 aliphatic carbocycles. The number of imidazole rings is 1. The second kappa shape index (κ2) is 4.92.